The number of amides is 2. The van der Waals surface area contributed by atoms with Gasteiger partial charge in [0.2, 0.25) is 5.91 Å². The lowest BCUT2D eigenvalue weighted by Crippen LogP contribution is -2.47. The number of ether oxygens (including phenoxy) is 1. The first-order valence-corrected chi connectivity index (χ1v) is 8.40. The van der Waals surface area contributed by atoms with Crippen LogP contribution in [-0.2, 0) is 9.59 Å². The second kappa shape index (κ2) is 8.14. The Morgan fingerprint density at radius 3 is 2.42 bits per heavy atom. The van der Waals surface area contributed by atoms with Gasteiger partial charge in [-0.1, -0.05) is 12.8 Å². The topological polar surface area (TPSA) is 105 Å². The zero-order chi connectivity index (χ0) is 17.7. The lowest BCUT2D eigenvalue weighted by Gasteiger charge is -2.27. The van der Waals surface area contributed by atoms with Gasteiger partial charge in [0.15, 0.2) is 0 Å². The fraction of sp³-hybridized carbons (Fsp3) is 0.438. The summed E-state index contributed by atoms with van der Waals surface area (Å²) < 4.78 is 5.70. The Balaban J connectivity index is 1.96. The average molecular weight is 399 g/mol. The SMILES string of the molecule is COc1ccc(C(=O)NNC(=O)[C@@H]2CCCC[C@H]2C(=O)O)cc1Br. The van der Waals surface area contributed by atoms with E-state index in [9.17, 15) is 19.5 Å². The molecule has 7 nitrogen and oxygen atoms in total. The molecule has 0 bridgehead atoms. The van der Waals surface area contributed by atoms with Crippen LogP contribution in [0.1, 0.15) is 36.0 Å². The Kier molecular flexibility index (Phi) is 6.19. The van der Waals surface area contributed by atoms with Crippen molar-refractivity contribution in [1.29, 1.82) is 0 Å². The van der Waals surface area contributed by atoms with Crippen LogP contribution in [0.3, 0.4) is 0 Å². The summed E-state index contributed by atoms with van der Waals surface area (Å²) in [6.07, 6.45) is 2.59. The van der Waals surface area contributed by atoms with Crippen LogP contribution in [0.2, 0.25) is 0 Å². The molecule has 1 aliphatic carbocycles. The van der Waals surface area contributed by atoms with Crippen LogP contribution >= 0.6 is 15.9 Å². The van der Waals surface area contributed by atoms with E-state index >= 15 is 0 Å². The zero-order valence-corrected chi connectivity index (χ0v) is 14.8. The number of rotatable bonds is 4. The highest BCUT2D eigenvalue weighted by atomic mass is 79.9. The molecule has 0 spiro atoms. The number of benzene rings is 1. The first-order chi connectivity index (χ1) is 11.4. The van der Waals surface area contributed by atoms with Crippen molar-refractivity contribution in [1.82, 2.24) is 10.9 Å². The van der Waals surface area contributed by atoms with Crippen LogP contribution < -0.4 is 15.6 Å². The van der Waals surface area contributed by atoms with Crippen LogP contribution in [0.15, 0.2) is 22.7 Å². The van der Waals surface area contributed by atoms with Crippen molar-refractivity contribution in [2.24, 2.45) is 11.8 Å². The molecular weight excluding hydrogens is 380 g/mol. The van der Waals surface area contributed by atoms with Gasteiger partial charge in [-0.25, -0.2) is 0 Å². The number of methoxy groups -OCH3 is 1. The van der Waals surface area contributed by atoms with Crippen molar-refractivity contribution in [3.05, 3.63) is 28.2 Å². The normalized spacial score (nSPS) is 20.1. The Labute approximate surface area is 147 Å². The molecule has 0 heterocycles. The number of carboxylic acid groups (broad SMARTS) is 1. The van der Waals surface area contributed by atoms with Crippen LogP contribution in [0.4, 0.5) is 0 Å². The van der Waals surface area contributed by atoms with Gasteiger partial charge in [-0.05, 0) is 47.0 Å². The maximum Gasteiger partial charge on any atom is 0.307 e. The average Bonchev–Trinajstić information content (AvgIpc) is 2.59. The molecule has 0 aliphatic heterocycles. The second-order valence-corrected chi connectivity index (χ2v) is 6.48. The van der Waals surface area contributed by atoms with Gasteiger partial charge < -0.3 is 9.84 Å². The number of nitrogens with one attached hydrogen (secondary N) is 2. The molecule has 1 saturated carbocycles. The van der Waals surface area contributed by atoms with Gasteiger partial charge in [0.25, 0.3) is 5.91 Å². The minimum absolute atomic E-state index is 0.335. The molecular formula is C16H19BrN2O5. The third-order valence-electron chi connectivity index (χ3n) is 4.13. The third kappa shape index (κ3) is 4.25. The zero-order valence-electron chi connectivity index (χ0n) is 13.2. The van der Waals surface area contributed by atoms with Crippen LogP contribution in [-0.4, -0.2) is 30.0 Å². The highest BCUT2D eigenvalue weighted by Gasteiger charge is 2.35. The largest absolute Gasteiger partial charge is 0.496 e. The predicted molar refractivity (Wildman–Crippen MR) is 89.4 cm³/mol. The van der Waals surface area contributed by atoms with Gasteiger partial charge >= 0.3 is 5.97 Å². The van der Waals surface area contributed by atoms with Crippen molar-refractivity contribution in [2.75, 3.05) is 7.11 Å². The van der Waals surface area contributed by atoms with E-state index in [4.69, 9.17) is 4.74 Å². The molecule has 2 amide bonds. The quantitative estimate of drug-likeness (QED) is 0.673. The maximum atomic E-state index is 12.2. The predicted octanol–water partition coefficient (Wildman–Crippen LogP) is 2.11. The minimum Gasteiger partial charge on any atom is -0.496 e. The number of carbonyl (C=O) groups excluding carboxylic acids is 2. The summed E-state index contributed by atoms with van der Waals surface area (Å²) in [4.78, 5) is 35.5. The number of hydrogen-bond acceptors (Lipinski definition) is 4. The fourth-order valence-electron chi connectivity index (χ4n) is 2.83. The third-order valence-corrected chi connectivity index (χ3v) is 4.75. The first kappa shape index (κ1) is 18.3. The number of hydrazine groups is 1. The van der Waals surface area contributed by atoms with Crippen molar-refractivity contribution >= 4 is 33.7 Å². The van der Waals surface area contributed by atoms with E-state index in [0.717, 1.165) is 12.8 Å². The van der Waals surface area contributed by atoms with E-state index in [2.05, 4.69) is 26.8 Å². The molecule has 0 saturated heterocycles. The molecule has 2 rings (SSSR count). The van der Waals surface area contributed by atoms with Gasteiger partial charge in [0.1, 0.15) is 5.75 Å². The van der Waals surface area contributed by atoms with Crippen LogP contribution in [0.5, 0.6) is 5.75 Å². The summed E-state index contributed by atoms with van der Waals surface area (Å²) in [5.41, 5.74) is 5.00. The Bertz CT molecular complexity index is 649. The highest BCUT2D eigenvalue weighted by Crippen LogP contribution is 2.30. The Hall–Kier alpha value is -2.09. The van der Waals surface area contributed by atoms with E-state index in [-0.39, 0.29) is 0 Å². The first-order valence-electron chi connectivity index (χ1n) is 7.60. The van der Waals surface area contributed by atoms with Crippen molar-refractivity contribution in [3.8, 4) is 5.75 Å². The molecule has 2 atom stereocenters. The molecule has 0 radical (unpaired) electrons. The minimum atomic E-state index is -0.972. The Morgan fingerprint density at radius 1 is 1.17 bits per heavy atom. The summed E-state index contributed by atoms with van der Waals surface area (Å²) in [6, 6.07) is 4.76. The molecule has 1 aliphatic rings. The fourth-order valence-corrected chi connectivity index (χ4v) is 3.37. The molecule has 1 aromatic rings. The number of carbonyl (C=O) groups is 3. The highest BCUT2D eigenvalue weighted by molar-refractivity contribution is 9.10. The standard InChI is InChI=1S/C16H19BrN2O5/c1-24-13-7-6-9(8-12(13)17)14(20)18-19-15(21)10-4-2-3-5-11(10)16(22)23/h6-8,10-11H,2-5H2,1H3,(H,18,20)(H,19,21)(H,22,23)/t10-,11-/m1/s1. The number of halogens is 1. The van der Waals surface area contributed by atoms with Crippen LogP contribution in [0.25, 0.3) is 0 Å². The van der Waals surface area contributed by atoms with E-state index < -0.39 is 29.6 Å². The van der Waals surface area contributed by atoms with E-state index in [0.29, 0.717) is 28.6 Å². The van der Waals surface area contributed by atoms with E-state index in [1.54, 1.807) is 18.2 Å². The number of carboxylic acids is 1. The van der Waals surface area contributed by atoms with Gasteiger partial charge in [0, 0.05) is 5.56 Å². The van der Waals surface area contributed by atoms with Gasteiger partial charge in [-0.3, -0.25) is 25.2 Å². The smallest absolute Gasteiger partial charge is 0.307 e. The summed E-state index contributed by atoms with van der Waals surface area (Å²) in [5.74, 6) is -2.68. The van der Waals surface area contributed by atoms with Gasteiger partial charge in [-0.2, -0.15) is 0 Å². The van der Waals surface area contributed by atoms with Gasteiger partial charge in [-0.15, -0.1) is 0 Å². The van der Waals surface area contributed by atoms with Crippen molar-refractivity contribution < 1.29 is 24.2 Å². The van der Waals surface area contributed by atoms with Crippen LogP contribution in [0, 0.1) is 11.8 Å². The van der Waals surface area contributed by atoms with E-state index in [1.807, 2.05) is 0 Å². The summed E-state index contributed by atoms with van der Waals surface area (Å²) >= 11 is 3.28. The Morgan fingerprint density at radius 2 is 1.83 bits per heavy atom. The summed E-state index contributed by atoms with van der Waals surface area (Å²) in [5, 5.41) is 9.21. The molecule has 1 aromatic carbocycles. The molecule has 0 unspecified atom stereocenters. The summed E-state index contributed by atoms with van der Waals surface area (Å²) in [6.45, 7) is 0. The van der Waals surface area contributed by atoms with Gasteiger partial charge in [0.05, 0.1) is 23.4 Å². The molecule has 3 N–H and O–H groups in total. The monoisotopic (exact) mass is 398 g/mol. The number of aliphatic carboxylic acids is 1. The second-order valence-electron chi connectivity index (χ2n) is 5.63. The summed E-state index contributed by atoms with van der Waals surface area (Å²) in [7, 11) is 1.52. The molecule has 0 aromatic heterocycles. The molecule has 1 fully saturated rings. The maximum absolute atomic E-state index is 12.2. The van der Waals surface area contributed by atoms with Crippen molar-refractivity contribution in [2.45, 2.75) is 25.7 Å². The number of hydrogen-bond donors (Lipinski definition) is 3. The molecule has 8 heteroatoms. The molecule has 130 valence electrons. The van der Waals surface area contributed by atoms with E-state index in [1.165, 1.54) is 7.11 Å². The lowest BCUT2D eigenvalue weighted by atomic mass is 9.79. The molecule has 24 heavy (non-hydrogen) atoms. The lowest BCUT2D eigenvalue weighted by molar-refractivity contribution is -0.149. The van der Waals surface area contributed by atoms with Crippen molar-refractivity contribution in [3.63, 3.8) is 0 Å².